The zero-order chi connectivity index (χ0) is 24.3. The first-order valence-corrected chi connectivity index (χ1v) is 9.69. The molecule has 0 amide bonds. The molecule has 9 heteroatoms. The van der Waals surface area contributed by atoms with E-state index in [1.807, 2.05) is 19.1 Å². The molecule has 0 aromatic heterocycles. The molecule has 3 aromatic rings. The molecule has 0 saturated heterocycles. The Morgan fingerprint density at radius 1 is 0.788 bits per heavy atom. The Kier molecular flexibility index (Phi) is 7.09. The van der Waals surface area contributed by atoms with E-state index in [2.05, 4.69) is 4.74 Å². The van der Waals surface area contributed by atoms with Crippen molar-refractivity contribution in [3.8, 4) is 16.9 Å². The van der Waals surface area contributed by atoms with Gasteiger partial charge in [0.2, 0.25) is 5.83 Å². The van der Waals surface area contributed by atoms with E-state index in [4.69, 9.17) is 0 Å². The van der Waals surface area contributed by atoms with Gasteiger partial charge in [-0.2, -0.15) is 13.2 Å². The van der Waals surface area contributed by atoms with Gasteiger partial charge in [-0.15, -0.1) is 0 Å². The normalized spacial score (nSPS) is 12.5. The van der Waals surface area contributed by atoms with Gasteiger partial charge < -0.3 is 4.74 Å². The fourth-order valence-electron chi connectivity index (χ4n) is 3.06. The lowest BCUT2D eigenvalue weighted by molar-refractivity contribution is -0.156. The lowest BCUT2D eigenvalue weighted by Gasteiger charge is -2.17. The van der Waals surface area contributed by atoms with Crippen molar-refractivity contribution < 1.29 is 39.9 Å². The first kappa shape index (κ1) is 24.3. The molecule has 0 bridgehead atoms. The van der Waals surface area contributed by atoms with Gasteiger partial charge in [0, 0.05) is 17.7 Å². The molecule has 0 spiro atoms. The monoisotopic (exact) mass is 472 g/mol. The number of benzene rings is 3. The Balaban J connectivity index is 1.89. The minimum absolute atomic E-state index is 0.0265. The molecular weight excluding hydrogens is 456 g/mol. The van der Waals surface area contributed by atoms with Crippen molar-refractivity contribution in [1.82, 2.24) is 0 Å². The molecule has 0 fully saturated rings. The van der Waals surface area contributed by atoms with Crippen LogP contribution in [-0.2, 0) is 6.42 Å². The molecule has 0 unspecified atom stereocenters. The molecule has 0 heterocycles. The minimum Gasteiger partial charge on any atom is -0.427 e. The third-order valence-electron chi connectivity index (χ3n) is 4.68. The molecular formula is C24H16F8O. The maximum atomic E-state index is 14.4. The van der Waals surface area contributed by atoms with Gasteiger partial charge in [-0.3, -0.25) is 0 Å². The number of hydrogen-bond donors (Lipinski definition) is 0. The molecule has 0 aliphatic heterocycles. The zero-order valence-corrected chi connectivity index (χ0v) is 17.0. The van der Waals surface area contributed by atoms with Crippen LogP contribution in [0.4, 0.5) is 35.1 Å². The smallest absolute Gasteiger partial charge is 0.427 e. The minimum atomic E-state index is -5.07. The van der Waals surface area contributed by atoms with Crippen LogP contribution in [0.2, 0.25) is 0 Å². The van der Waals surface area contributed by atoms with Gasteiger partial charge in [0.15, 0.2) is 23.3 Å². The number of ether oxygens (including phenoxy) is 1. The summed E-state index contributed by atoms with van der Waals surface area (Å²) in [5, 5.41) is 0. The molecule has 174 valence electrons. The predicted molar refractivity (Wildman–Crippen MR) is 107 cm³/mol. The molecule has 0 radical (unpaired) electrons. The first-order chi connectivity index (χ1) is 15.5. The second-order valence-corrected chi connectivity index (χ2v) is 7.09. The van der Waals surface area contributed by atoms with E-state index in [0.717, 1.165) is 30.5 Å². The fraction of sp³-hybridized carbons (Fsp3) is 0.167. The largest absolute Gasteiger partial charge is 0.457 e. The van der Waals surface area contributed by atoms with Crippen LogP contribution >= 0.6 is 0 Å². The summed E-state index contributed by atoms with van der Waals surface area (Å²) >= 11 is 0. The van der Waals surface area contributed by atoms with E-state index in [9.17, 15) is 35.1 Å². The van der Waals surface area contributed by atoms with Crippen LogP contribution in [0.15, 0.2) is 60.4 Å². The maximum Gasteiger partial charge on any atom is 0.457 e. The summed E-state index contributed by atoms with van der Waals surface area (Å²) in [6.07, 6.45) is -3.30. The summed E-state index contributed by atoms with van der Waals surface area (Å²) in [7, 11) is 0. The Morgan fingerprint density at radius 3 is 1.91 bits per heavy atom. The highest BCUT2D eigenvalue weighted by molar-refractivity contribution is 5.69. The SMILES string of the molecule is CCCc1ccc(-c2ccc(C(F)=C(F)C(F)(F)Oc3cc(F)c(F)c(F)c3)c(F)c2)cc1. The summed E-state index contributed by atoms with van der Waals surface area (Å²) in [6, 6.07) is 9.94. The van der Waals surface area contributed by atoms with E-state index >= 15 is 0 Å². The molecule has 0 N–H and O–H groups in total. The van der Waals surface area contributed by atoms with Crippen LogP contribution < -0.4 is 4.74 Å². The summed E-state index contributed by atoms with van der Waals surface area (Å²) in [5.74, 6) is -13.5. The van der Waals surface area contributed by atoms with Crippen molar-refractivity contribution >= 4 is 5.83 Å². The Bertz CT molecular complexity index is 1160. The summed E-state index contributed by atoms with van der Waals surface area (Å²) < 4.78 is 114. The van der Waals surface area contributed by atoms with Gasteiger partial charge in [0.1, 0.15) is 11.6 Å². The Hall–Kier alpha value is -3.36. The highest BCUT2D eigenvalue weighted by Gasteiger charge is 2.42. The lowest BCUT2D eigenvalue weighted by Crippen LogP contribution is -2.26. The number of hydrogen-bond acceptors (Lipinski definition) is 1. The van der Waals surface area contributed by atoms with Gasteiger partial charge in [0.05, 0.1) is 0 Å². The van der Waals surface area contributed by atoms with Gasteiger partial charge in [-0.25, -0.2) is 22.0 Å². The highest BCUT2D eigenvalue weighted by atomic mass is 19.3. The molecule has 3 rings (SSSR count). The van der Waals surface area contributed by atoms with Crippen LogP contribution in [-0.4, -0.2) is 6.11 Å². The van der Waals surface area contributed by atoms with Crippen LogP contribution in [0.5, 0.6) is 5.75 Å². The van der Waals surface area contributed by atoms with E-state index in [0.29, 0.717) is 11.1 Å². The van der Waals surface area contributed by atoms with Crippen molar-refractivity contribution in [3.63, 3.8) is 0 Å². The van der Waals surface area contributed by atoms with Gasteiger partial charge in [-0.1, -0.05) is 43.7 Å². The van der Waals surface area contributed by atoms with Crippen molar-refractivity contribution in [3.05, 3.63) is 94.8 Å². The standard InChI is InChI=1S/C24H16F8O/c1-2-3-13-4-6-14(7-5-13)15-8-9-17(18(25)10-15)21(28)23(30)24(31,32)33-16-11-19(26)22(29)20(27)12-16/h4-12H,2-3H2,1H3. The number of halogens is 8. The van der Waals surface area contributed by atoms with Crippen molar-refractivity contribution in [2.45, 2.75) is 25.9 Å². The van der Waals surface area contributed by atoms with E-state index in [1.54, 1.807) is 12.1 Å². The average molecular weight is 472 g/mol. The molecule has 0 atom stereocenters. The summed E-state index contributed by atoms with van der Waals surface area (Å²) in [4.78, 5) is 0. The topological polar surface area (TPSA) is 9.23 Å². The second kappa shape index (κ2) is 9.64. The quantitative estimate of drug-likeness (QED) is 0.249. The second-order valence-electron chi connectivity index (χ2n) is 7.09. The Labute approximate surface area is 183 Å². The third-order valence-corrected chi connectivity index (χ3v) is 4.68. The molecule has 3 aromatic carbocycles. The summed E-state index contributed by atoms with van der Waals surface area (Å²) in [5.41, 5.74) is 0.808. The van der Waals surface area contributed by atoms with Crippen LogP contribution in [0.3, 0.4) is 0 Å². The molecule has 33 heavy (non-hydrogen) atoms. The average Bonchev–Trinajstić information content (AvgIpc) is 2.77. The molecule has 0 saturated carbocycles. The lowest BCUT2D eigenvalue weighted by atomic mass is 10.0. The van der Waals surface area contributed by atoms with E-state index in [-0.39, 0.29) is 12.1 Å². The van der Waals surface area contributed by atoms with Crippen molar-refractivity contribution in [1.29, 1.82) is 0 Å². The van der Waals surface area contributed by atoms with Gasteiger partial charge in [-0.05, 0) is 35.2 Å². The zero-order valence-electron chi connectivity index (χ0n) is 17.0. The highest BCUT2D eigenvalue weighted by Crippen LogP contribution is 2.37. The predicted octanol–water partition coefficient (Wildman–Crippen LogP) is 8.14. The number of alkyl halides is 2. The molecule has 0 aliphatic carbocycles. The molecule has 0 aliphatic rings. The van der Waals surface area contributed by atoms with E-state index in [1.165, 1.54) is 6.07 Å². The maximum absolute atomic E-state index is 14.4. The van der Waals surface area contributed by atoms with Crippen LogP contribution in [0.25, 0.3) is 17.0 Å². The number of rotatable bonds is 7. The Morgan fingerprint density at radius 2 is 1.36 bits per heavy atom. The fourth-order valence-corrected chi connectivity index (χ4v) is 3.06. The van der Waals surface area contributed by atoms with Crippen molar-refractivity contribution in [2.24, 2.45) is 0 Å². The van der Waals surface area contributed by atoms with Crippen LogP contribution in [0.1, 0.15) is 24.5 Å². The molecule has 1 nitrogen and oxygen atoms in total. The van der Waals surface area contributed by atoms with E-state index < -0.39 is 52.3 Å². The summed E-state index contributed by atoms with van der Waals surface area (Å²) in [6.45, 7) is 2.01. The number of aryl methyl sites for hydroxylation is 1. The third kappa shape index (κ3) is 5.35. The van der Waals surface area contributed by atoms with Crippen LogP contribution in [0, 0.1) is 23.3 Å². The van der Waals surface area contributed by atoms with Gasteiger partial charge in [0.25, 0.3) is 0 Å². The van der Waals surface area contributed by atoms with Gasteiger partial charge >= 0.3 is 6.11 Å². The first-order valence-electron chi connectivity index (χ1n) is 9.69. The van der Waals surface area contributed by atoms with Crippen molar-refractivity contribution in [2.75, 3.05) is 0 Å².